The predicted octanol–water partition coefficient (Wildman–Crippen LogP) is 2.21. The number of hydrogen-bond donors (Lipinski definition) is 1. The molecule has 6 nitrogen and oxygen atoms in total. The molecule has 1 N–H and O–H groups in total. The monoisotopic (exact) mass is 330 g/mol. The zero-order valence-electron chi connectivity index (χ0n) is 14.2. The van der Waals surface area contributed by atoms with Gasteiger partial charge in [-0.2, -0.15) is 0 Å². The van der Waals surface area contributed by atoms with Gasteiger partial charge in [0.15, 0.2) is 0 Å². The van der Waals surface area contributed by atoms with Gasteiger partial charge in [0.2, 0.25) is 0 Å². The Morgan fingerprint density at radius 3 is 2.71 bits per heavy atom. The van der Waals surface area contributed by atoms with E-state index in [-0.39, 0.29) is 29.5 Å². The predicted molar refractivity (Wildman–Crippen MR) is 87.2 cm³/mol. The Balaban J connectivity index is 1.44. The van der Waals surface area contributed by atoms with Gasteiger partial charge >= 0.3 is 6.03 Å². The van der Waals surface area contributed by atoms with Crippen LogP contribution in [0.1, 0.15) is 39.2 Å². The van der Waals surface area contributed by atoms with E-state index in [1.165, 1.54) is 4.90 Å². The molecule has 3 aliphatic rings. The number of hydrogen-bond acceptors (Lipinski definition) is 4. The van der Waals surface area contributed by atoms with Gasteiger partial charge in [-0.3, -0.25) is 9.69 Å². The van der Waals surface area contributed by atoms with Crippen molar-refractivity contribution in [2.75, 3.05) is 6.61 Å². The summed E-state index contributed by atoms with van der Waals surface area (Å²) in [6.45, 7) is 6.65. The number of amides is 3. The molecule has 0 radical (unpaired) electrons. The molecule has 0 unspecified atom stereocenters. The van der Waals surface area contributed by atoms with E-state index in [4.69, 9.17) is 9.47 Å². The van der Waals surface area contributed by atoms with Crippen LogP contribution >= 0.6 is 0 Å². The van der Waals surface area contributed by atoms with Gasteiger partial charge in [0.25, 0.3) is 5.91 Å². The normalized spacial score (nSPS) is 30.5. The fraction of sp³-hybridized carbons (Fsp3) is 0.556. The summed E-state index contributed by atoms with van der Waals surface area (Å²) in [7, 11) is 0. The minimum atomic E-state index is -0.423. The molecule has 24 heavy (non-hydrogen) atoms. The second-order valence-electron chi connectivity index (χ2n) is 7.55. The molecule has 2 fully saturated rings. The first-order valence-corrected chi connectivity index (χ1v) is 8.43. The van der Waals surface area contributed by atoms with Crippen molar-refractivity contribution in [3.8, 4) is 11.5 Å². The lowest BCUT2D eigenvalue weighted by molar-refractivity contribution is -0.131. The van der Waals surface area contributed by atoms with Crippen molar-refractivity contribution in [3.05, 3.63) is 23.8 Å². The Morgan fingerprint density at radius 2 is 2.04 bits per heavy atom. The molecule has 1 aromatic rings. The summed E-state index contributed by atoms with van der Waals surface area (Å²) < 4.78 is 11.9. The summed E-state index contributed by atoms with van der Waals surface area (Å²) in [5.41, 5.74) is 1.03. The molecular formula is C18H22N2O4. The van der Waals surface area contributed by atoms with E-state index in [2.05, 4.69) is 19.2 Å². The summed E-state index contributed by atoms with van der Waals surface area (Å²) in [5.74, 6) is 1.60. The smallest absolute Gasteiger partial charge is 0.325 e. The molecule has 1 saturated carbocycles. The molecule has 0 bridgehead atoms. The molecular weight excluding hydrogens is 308 g/mol. The second-order valence-corrected chi connectivity index (χ2v) is 7.55. The average Bonchev–Trinajstić information content (AvgIpc) is 2.93. The zero-order valence-corrected chi connectivity index (χ0v) is 14.2. The summed E-state index contributed by atoms with van der Waals surface area (Å²) in [6, 6.07) is 5.10. The third-order valence-corrected chi connectivity index (χ3v) is 5.15. The first kappa shape index (κ1) is 15.3. The Labute approximate surface area is 141 Å². The van der Waals surface area contributed by atoms with Gasteiger partial charge in [0.05, 0.1) is 6.61 Å². The maximum absolute atomic E-state index is 12.0. The molecule has 3 amide bonds. The van der Waals surface area contributed by atoms with Gasteiger partial charge in [-0.05, 0) is 19.1 Å². The highest BCUT2D eigenvalue weighted by molar-refractivity contribution is 6.04. The van der Waals surface area contributed by atoms with Gasteiger partial charge in [-0.1, -0.05) is 19.9 Å². The maximum Gasteiger partial charge on any atom is 0.325 e. The van der Waals surface area contributed by atoms with E-state index in [1.54, 1.807) is 6.92 Å². The number of carbonyl (C=O) groups excluding carboxylic acids is 2. The topological polar surface area (TPSA) is 67.9 Å². The van der Waals surface area contributed by atoms with Crippen molar-refractivity contribution < 1.29 is 19.1 Å². The van der Waals surface area contributed by atoms with Crippen LogP contribution in [0.2, 0.25) is 0 Å². The van der Waals surface area contributed by atoms with Gasteiger partial charge in [-0.15, -0.1) is 0 Å². The number of benzene rings is 1. The Hall–Kier alpha value is -2.24. The second kappa shape index (κ2) is 5.13. The highest BCUT2D eigenvalue weighted by Crippen LogP contribution is 2.45. The first-order valence-electron chi connectivity index (χ1n) is 8.43. The zero-order chi connectivity index (χ0) is 17.1. The van der Waals surface area contributed by atoms with Crippen LogP contribution in [0.5, 0.6) is 11.5 Å². The van der Waals surface area contributed by atoms with Crippen LogP contribution in [-0.4, -0.2) is 41.6 Å². The molecule has 1 saturated heterocycles. The standard InChI is InChI=1S/C18H22N2O4/c1-10-16(21)20(17(22)19-10)11-7-12(8-11)24-14-6-4-5-13-15(14)18(2,3)9-23-13/h4-6,10-12H,7-9H2,1-3H3,(H,19,22)/t10-,11?,12?/m1/s1. The lowest BCUT2D eigenvalue weighted by atomic mass is 9.85. The van der Waals surface area contributed by atoms with Crippen molar-refractivity contribution in [3.63, 3.8) is 0 Å². The molecule has 1 aliphatic carbocycles. The van der Waals surface area contributed by atoms with Crippen molar-refractivity contribution in [2.45, 2.75) is 57.2 Å². The third-order valence-electron chi connectivity index (χ3n) is 5.15. The fourth-order valence-corrected chi connectivity index (χ4v) is 3.72. The van der Waals surface area contributed by atoms with Crippen molar-refractivity contribution >= 4 is 11.9 Å². The van der Waals surface area contributed by atoms with E-state index in [9.17, 15) is 9.59 Å². The minimum Gasteiger partial charge on any atom is -0.492 e. The number of rotatable bonds is 3. The SMILES string of the molecule is C[C@H]1NC(=O)N(C2CC(Oc3cccc4c3C(C)(C)CO4)C2)C1=O. The molecule has 0 aromatic heterocycles. The van der Waals surface area contributed by atoms with Gasteiger partial charge in [0.1, 0.15) is 23.6 Å². The number of carbonyl (C=O) groups is 2. The quantitative estimate of drug-likeness (QED) is 0.863. The third kappa shape index (κ3) is 2.24. The lowest BCUT2D eigenvalue weighted by Crippen LogP contribution is -2.52. The van der Waals surface area contributed by atoms with Crippen LogP contribution in [0, 0.1) is 0 Å². The van der Waals surface area contributed by atoms with Crippen LogP contribution in [0.15, 0.2) is 18.2 Å². The van der Waals surface area contributed by atoms with Crippen molar-refractivity contribution in [1.29, 1.82) is 0 Å². The Morgan fingerprint density at radius 1 is 1.29 bits per heavy atom. The molecule has 6 heteroatoms. The summed E-state index contributed by atoms with van der Waals surface area (Å²) >= 11 is 0. The van der Waals surface area contributed by atoms with E-state index in [1.807, 2.05) is 18.2 Å². The molecule has 2 heterocycles. The Kier molecular flexibility index (Phi) is 3.27. The number of ether oxygens (including phenoxy) is 2. The van der Waals surface area contributed by atoms with Crippen LogP contribution in [0.25, 0.3) is 0 Å². The number of nitrogens with one attached hydrogen (secondary N) is 1. The van der Waals surface area contributed by atoms with E-state index >= 15 is 0 Å². The fourth-order valence-electron chi connectivity index (χ4n) is 3.72. The molecule has 0 spiro atoms. The van der Waals surface area contributed by atoms with E-state index in [0.717, 1.165) is 17.1 Å². The number of imide groups is 1. The van der Waals surface area contributed by atoms with Gasteiger partial charge < -0.3 is 14.8 Å². The molecule has 2 aliphatic heterocycles. The Bertz CT molecular complexity index is 709. The number of nitrogens with zero attached hydrogens (tertiary/aromatic N) is 1. The molecule has 1 aromatic carbocycles. The largest absolute Gasteiger partial charge is 0.492 e. The van der Waals surface area contributed by atoms with Crippen molar-refractivity contribution in [2.24, 2.45) is 0 Å². The highest BCUT2D eigenvalue weighted by Gasteiger charge is 2.46. The van der Waals surface area contributed by atoms with Crippen LogP contribution in [0.4, 0.5) is 4.79 Å². The molecule has 4 rings (SSSR count). The summed E-state index contributed by atoms with van der Waals surface area (Å²) in [6.07, 6.45) is 1.38. The lowest BCUT2D eigenvalue weighted by Gasteiger charge is -2.39. The van der Waals surface area contributed by atoms with E-state index in [0.29, 0.717) is 19.4 Å². The number of urea groups is 1. The summed E-state index contributed by atoms with van der Waals surface area (Å²) in [5, 5.41) is 2.66. The molecule has 1 atom stereocenters. The number of fused-ring (bicyclic) bond motifs is 1. The van der Waals surface area contributed by atoms with Gasteiger partial charge in [-0.25, -0.2) is 4.79 Å². The van der Waals surface area contributed by atoms with Crippen LogP contribution in [-0.2, 0) is 10.2 Å². The first-order chi connectivity index (χ1) is 11.4. The highest BCUT2D eigenvalue weighted by atomic mass is 16.5. The van der Waals surface area contributed by atoms with E-state index < -0.39 is 6.04 Å². The summed E-state index contributed by atoms with van der Waals surface area (Å²) in [4.78, 5) is 25.3. The molecule has 128 valence electrons. The van der Waals surface area contributed by atoms with Gasteiger partial charge in [0, 0.05) is 29.9 Å². The van der Waals surface area contributed by atoms with Crippen LogP contribution in [0.3, 0.4) is 0 Å². The van der Waals surface area contributed by atoms with Crippen molar-refractivity contribution in [1.82, 2.24) is 10.2 Å². The van der Waals surface area contributed by atoms with Crippen LogP contribution < -0.4 is 14.8 Å². The maximum atomic E-state index is 12.0. The average molecular weight is 330 g/mol. The minimum absolute atomic E-state index is 0.0226.